The molecule has 24 heavy (non-hydrogen) atoms. The molecule has 1 saturated heterocycles. The molecule has 2 atom stereocenters. The Balaban J connectivity index is 1.79. The molecule has 132 valence electrons. The summed E-state index contributed by atoms with van der Waals surface area (Å²) in [5.41, 5.74) is 6.65. The number of carbonyl (C=O) groups is 2. The summed E-state index contributed by atoms with van der Waals surface area (Å²) in [4.78, 5) is 27.7. The fourth-order valence-corrected chi connectivity index (χ4v) is 2.93. The van der Waals surface area contributed by atoms with Crippen LogP contribution < -0.4 is 5.73 Å². The predicted octanol–water partition coefficient (Wildman–Crippen LogP) is 1.84. The first-order chi connectivity index (χ1) is 11.5. The van der Waals surface area contributed by atoms with E-state index in [2.05, 4.69) is 0 Å². The highest BCUT2D eigenvalue weighted by Crippen LogP contribution is 2.19. The van der Waals surface area contributed by atoms with Crippen LogP contribution in [0.2, 0.25) is 0 Å². The van der Waals surface area contributed by atoms with Crippen LogP contribution in [0.1, 0.15) is 25.8 Å². The number of benzene rings is 1. The number of carbonyl (C=O) groups excluding carboxylic acids is 2. The van der Waals surface area contributed by atoms with Gasteiger partial charge in [0, 0.05) is 26.2 Å². The minimum Gasteiger partial charge on any atom is -0.445 e. The second-order valence-corrected chi connectivity index (χ2v) is 6.31. The van der Waals surface area contributed by atoms with Gasteiger partial charge in [0.1, 0.15) is 6.61 Å². The zero-order chi connectivity index (χ0) is 17.5. The first-order valence-electron chi connectivity index (χ1n) is 8.51. The zero-order valence-electron chi connectivity index (χ0n) is 14.5. The van der Waals surface area contributed by atoms with Crippen LogP contribution in [0.3, 0.4) is 0 Å². The summed E-state index contributed by atoms with van der Waals surface area (Å²) in [5.74, 6) is 0.236. The van der Waals surface area contributed by atoms with Crippen LogP contribution in [-0.4, -0.2) is 54.0 Å². The van der Waals surface area contributed by atoms with Crippen LogP contribution in [-0.2, 0) is 16.1 Å². The third-order valence-corrected chi connectivity index (χ3v) is 4.31. The molecule has 0 saturated carbocycles. The van der Waals surface area contributed by atoms with Gasteiger partial charge in [-0.05, 0) is 31.7 Å². The van der Waals surface area contributed by atoms with Crippen molar-refractivity contribution in [3.63, 3.8) is 0 Å². The lowest BCUT2D eigenvalue weighted by atomic mass is 10.1. The number of hydrogen-bond donors (Lipinski definition) is 1. The average Bonchev–Trinajstić information content (AvgIpc) is 3.06. The van der Waals surface area contributed by atoms with Crippen molar-refractivity contribution >= 4 is 12.0 Å². The standard InChI is InChI=1S/C18H27N3O3/c1-3-20(17(22)14(2)19)11-16-9-10-21(12-16)18(23)24-13-15-7-5-4-6-8-15/h4-8,14,16H,3,9-13,19H2,1-2H3. The van der Waals surface area contributed by atoms with E-state index in [1.165, 1.54) is 0 Å². The average molecular weight is 333 g/mol. The number of hydrogen-bond acceptors (Lipinski definition) is 4. The molecule has 6 heteroatoms. The summed E-state index contributed by atoms with van der Waals surface area (Å²) >= 11 is 0. The number of likely N-dealkylation sites (N-methyl/N-ethyl adjacent to an activating group) is 1. The molecule has 1 aromatic rings. The second-order valence-electron chi connectivity index (χ2n) is 6.31. The van der Waals surface area contributed by atoms with Gasteiger partial charge in [-0.3, -0.25) is 4.79 Å². The fraction of sp³-hybridized carbons (Fsp3) is 0.556. The van der Waals surface area contributed by atoms with Crippen molar-refractivity contribution in [3.05, 3.63) is 35.9 Å². The highest BCUT2D eigenvalue weighted by molar-refractivity contribution is 5.81. The summed E-state index contributed by atoms with van der Waals surface area (Å²) in [6, 6.07) is 9.14. The molecule has 1 fully saturated rings. The molecule has 2 amide bonds. The van der Waals surface area contributed by atoms with Crippen molar-refractivity contribution in [2.24, 2.45) is 11.7 Å². The molecule has 1 aliphatic rings. The Kier molecular flexibility index (Phi) is 6.61. The van der Waals surface area contributed by atoms with E-state index in [4.69, 9.17) is 10.5 Å². The van der Waals surface area contributed by atoms with Crippen molar-refractivity contribution in [3.8, 4) is 0 Å². The third-order valence-electron chi connectivity index (χ3n) is 4.31. The maximum Gasteiger partial charge on any atom is 0.410 e. The molecule has 2 N–H and O–H groups in total. The summed E-state index contributed by atoms with van der Waals surface area (Å²) in [7, 11) is 0. The van der Waals surface area contributed by atoms with Gasteiger partial charge in [-0.2, -0.15) is 0 Å². The summed E-state index contributed by atoms with van der Waals surface area (Å²) in [5, 5.41) is 0. The summed E-state index contributed by atoms with van der Waals surface area (Å²) in [6.45, 7) is 6.49. The smallest absolute Gasteiger partial charge is 0.410 e. The Morgan fingerprint density at radius 2 is 2.08 bits per heavy atom. The molecule has 2 rings (SSSR count). The summed E-state index contributed by atoms with van der Waals surface area (Å²) < 4.78 is 5.36. The molecular formula is C18H27N3O3. The Morgan fingerprint density at radius 3 is 2.71 bits per heavy atom. The van der Waals surface area contributed by atoms with E-state index in [-0.39, 0.29) is 24.5 Å². The SMILES string of the molecule is CCN(CC1CCN(C(=O)OCc2ccccc2)C1)C(=O)C(C)N. The number of ether oxygens (including phenoxy) is 1. The predicted molar refractivity (Wildman–Crippen MR) is 92.2 cm³/mol. The number of likely N-dealkylation sites (tertiary alicyclic amines) is 1. The van der Waals surface area contributed by atoms with Crippen LogP contribution in [0, 0.1) is 5.92 Å². The molecule has 1 aromatic carbocycles. The molecule has 2 unspecified atom stereocenters. The number of nitrogens with zero attached hydrogens (tertiary/aromatic N) is 2. The van der Waals surface area contributed by atoms with Crippen LogP contribution in [0.5, 0.6) is 0 Å². The van der Waals surface area contributed by atoms with Gasteiger partial charge in [0.05, 0.1) is 6.04 Å². The molecule has 6 nitrogen and oxygen atoms in total. The molecule has 0 aromatic heterocycles. The summed E-state index contributed by atoms with van der Waals surface area (Å²) in [6.07, 6.45) is 0.589. The first-order valence-corrected chi connectivity index (χ1v) is 8.51. The van der Waals surface area contributed by atoms with Crippen LogP contribution in [0.15, 0.2) is 30.3 Å². The van der Waals surface area contributed by atoms with Gasteiger partial charge in [-0.25, -0.2) is 4.79 Å². The molecule has 0 spiro atoms. The monoisotopic (exact) mass is 333 g/mol. The van der Waals surface area contributed by atoms with E-state index in [1.807, 2.05) is 37.3 Å². The Bertz CT molecular complexity index is 548. The molecule has 0 aliphatic carbocycles. The highest BCUT2D eigenvalue weighted by Gasteiger charge is 2.29. The van der Waals surface area contributed by atoms with Crippen molar-refractivity contribution in [1.82, 2.24) is 9.80 Å². The molecule has 0 bridgehead atoms. The van der Waals surface area contributed by atoms with E-state index in [9.17, 15) is 9.59 Å². The van der Waals surface area contributed by atoms with Gasteiger partial charge >= 0.3 is 6.09 Å². The van der Waals surface area contributed by atoms with Gasteiger partial charge in [-0.15, -0.1) is 0 Å². The van der Waals surface area contributed by atoms with Crippen LogP contribution in [0.4, 0.5) is 4.79 Å². The van der Waals surface area contributed by atoms with Crippen LogP contribution >= 0.6 is 0 Å². The Hall–Kier alpha value is -2.08. The van der Waals surface area contributed by atoms with Crippen molar-refractivity contribution in [1.29, 1.82) is 0 Å². The molecule has 1 aliphatic heterocycles. The highest BCUT2D eigenvalue weighted by atomic mass is 16.6. The van der Waals surface area contributed by atoms with Gasteiger partial charge in [0.15, 0.2) is 0 Å². The van der Waals surface area contributed by atoms with E-state index in [0.717, 1.165) is 12.0 Å². The second kappa shape index (κ2) is 8.68. The van der Waals surface area contributed by atoms with Crippen LogP contribution in [0.25, 0.3) is 0 Å². The van der Waals surface area contributed by atoms with E-state index in [0.29, 0.717) is 26.2 Å². The zero-order valence-corrected chi connectivity index (χ0v) is 14.5. The maximum absolute atomic E-state index is 12.2. The van der Waals surface area contributed by atoms with E-state index >= 15 is 0 Å². The van der Waals surface area contributed by atoms with Gasteiger partial charge in [0.25, 0.3) is 0 Å². The van der Waals surface area contributed by atoms with Crippen molar-refractivity contribution < 1.29 is 14.3 Å². The lowest BCUT2D eigenvalue weighted by Gasteiger charge is -2.26. The van der Waals surface area contributed by atoms with Crippen molar-refractivity contribution in [2.75, 3.05) is 26.2 Å². The lowest BCUT2D eigenvalue weighted by molar-refractivity contribution is -0.132. The topological polar surface area (TPSA) is 75.9 Å². The molecular weight excluding hydrogens is 306 g/mol. The maximum atomic E-state index is 12.2. The van der Waals surface area contributed by atoms with Gasteiger partial charge < -0.3 is 20.3 Å². The normalized spacial score (nSPS) is 18.3. The third kappa shape index (κ3) is 4.96. The largest absolute Gasteiger partial charge is 0.445 e. The minimum absolute atomic E-state index is 0.0393. The van der Waals surface area contributed by atoms with E-state index in [1.54, 1.807) is 16.7 Å². The van der Waals surface area contributed by atoms with E-state index < -0.39 is 6.04 Å². The fourth-order valence-electron chi connectivity index (χ4n) is 2.93. The molecule has 1 heterocycles. The number of amides is 2. The quantitative estimate of drug-likeness (QED) is 0.862. The van der Waals surface area contributed by atoms with Gasteiger partial charge in [0.2, 0.25) is 5.91 Å². The Morgan fingerprint density at radius 1 is 1.38 bits per heavy atom. The van der Waals surface area contributed by atoms with Crippen molar-refractivity contribution in [2.45, 2.75) is 32.9 Å². The lowest BCUT2D eigenvalue weighted by Crippen LogP contribution is -2.44. The minimum atomic E-state index is -0.488. The number of nitrogens with two attached hydrogens (primary N) is 1. The Labute approximate surface area is 143 Å². The number of rotatable bonds is 6. The van der Waals surface area contributed by atoms with Gasteiger partial charge in [-0.1, -0.05) is 30.3 Å². The first kappa shape index (κ1) is 18.3. The molecule has 0 radical (unpaired) electrons.